The number of halogens is 1. The van der Waals surface area contributed by atoms with Gasteiger partial charge in [0.05, 0.1) is 11.0 Å². The van der Waals surface area contributed by atoms with E-state index in [-0.39, 0.29) is 10.7 Å². The minimum atomic E-state index is -3.24. The molecule has 0 spiro atoms. The van der Waals surface area contributed by atoms with Crippen molar-refractivity contribution in [3.8, 4) is 0 Å². The zero-order valence-electron chi connectivity index (χ0n) is 13.4. The summed E-state index contributed by atoms with van der Waals surface area (Å²) in [6.07, 6.45) is 1.07. The van der Waals surface area contributed by atoms with Crippen molar-refractivity contribution >= 4 is 9.84 Å². The van der Waals surface area contributed by atoms with E-state index < -0.39 is 15.9 Å². The molecule has 1 atom stereocenters. The maximum Gasteiger partial charge on any atom is 0.175 e. The van der Waals surface area contributed by atoms with Crippen LogP contribution in [0.25, 0.3) is 0 Å². The molecule has 2 aromatic carbocycles. The van der Waals surface area contributed by atoms with E-state index in [1.54, 1.807) is 18.2 Å². The molecule has 2 aromatic rings. The third-order valence-corrected chi connectivity index (χ3v) is 5.54. The molecule has 1 heterocycles. The van der Waals surface area contributed by atoms with Crippen molar-refractivity contribution in [3.05, 3.63) is 65.0 Å². The zero-order chi connectivity index (χ0) is 17.3. The SMILES string of the molecule is CS(=O)(=O)c1ccc(C(O)CN2CCc3c(F)cccc3C2)cc1. The molecule has 6 heteroatoms. The Labute approximate surface area is 141 Å². The fraction of sp³-hybridized carbons (Fsp3) is 0.333. The molecule has 24 heavy (non-hydrogen) atoms. The predicted molar refractivity (Wildman–Crippen MR) is 89.9 cm³/mol. The van der Waals surface area contributed by atoms with Gasteiger partial charge in [-0.15, -0.1) is 0 Å². The third-order valence-electron chi connectivity index (χ3n) is 4.41. The Hall–Kier alpha value is -1.76. The van der Waals surface area contributed by atoms with Crippen molar-refractivity contribution in [1.82, 2.24) is 4.90 Å². The molecular weight excluding hydrogens is 329 g/mol. The average Bonchev–Trinajstić information content (AvgIpc) is 2.54. The summed E-state index contributed by atoms with van der Waals surface area (Å²) >= 11 is 0. The number of hydrogen-bond acceptors (Lipinski definition) is 4. The second-order valence-corrected chi connectivity index (χ2v) is 8.24. The van der Waals surface area contributed by atoms with Crippen LogP contribution in [-0.4, -0.2) is 37.8 Å². The van der Waals surface area contributed by atoms with Gasteiger partial charge in [-0.05, 0) is 41.3 Å². The molecule has 3 rings (SSSR count). The highest BCUT2D eigenvalue weighted by Gasteiger charge is 2.21. The summed E-state index contributed by atoms with van der Waals surface area (Å²) in [7, 11) is -3.24. The number of nitrogens with zero attached hydrogens (tertiary/aromatic N) is 1. The molecule has 1 N–H and O–H groups in total. The van der Waals surface area contributed by atoms with Crippen LogP contribution in [0.5, 0.6) is 0 Å². The Morgan fingerprint density at radius 2 is 1.92 bits per heavy atom. The maximum absolute atomic E-state index is 13.7. The standard InChI is InChI=1S/C18H20FNO3S/c1-24(22,23)15-7-5-13(6-8-15)18(21)12-20-10-9-16-14(11-20)3-2-4-17(16)19/h2-8,18,21H,9-12H2,1H3. The van der Waals surface area contributed by atoms with Crippen LogP contribution in [-0.2, 0) is 22.8 Å². The summed E-state index contributed by atoms with van der Waals surface area (Å²) in [6, 6.07) is 11.4. The minimum Gasteiger partial charge on any atom is -0.387 e. The van der Waals surface area contributed by atoms with Crippen molar-refractivity contribution in [2.24, 2.45) is 0 Å². The summed E-state index contributed by atoms with van der Waals surface area (Å²) in [5.41, 5.74) is 2.40. The smallest absolute Gasteiger partial charge is 0.175 e. The quantitative estimate of drug-likeness (QED) is 0.920. The van der Waals surface area contributed by atoms with Gasteiger partial charge in [-0.1, -0.05) is 24.3 Å². The molecule has 1 aliphatic heterocycles. The van der Waals surface area contributed by atoms with Gasteiger partial charge in [0, 0.05) is 25.9 Å². The van der Waals surface area contributed by atoms with Gasteiger partial charge in [-0.3, -0.25) is 4.90 Å². The topological polar surface area (TPSA) is 57.6 Å². The molecule has 4 nitrogen and oxygen atoms in total. The fourth-order valence-corrected chi connectivity index (χ4v) is 3.69. The van der Waals surface area contributed by atoms with Crippen molar-refractivity contribution < 1.29 is 17.9 Å². The van der Waals surface area contributed by atoms with Crippen molar-refractivity contribution in [2.45, 2.75) is 24.0 Å². The molecule has 0 saturated carbocycles. The van der Waals surface area contributed by atoms with Crippen molar-refractivity contribution in [3.63, 3.8) is 0 Å². The second kappa shape index (κ2) is 6.63. The van der Waals surface area contributed by atoms with Gasteiger partial charge >= 0.3 is 0 Å². The van der Waals surface area contributed by atoms with Crippen LogP contribution < -0.4 is 0 Å². The molecule has 128 valence electrons. The van der Waals surface area contributed by atoms with E-state index in [2.05, 4.69) is 4.90 Å². The zero-order valence-corrected chi connectivity index (χ0v) is 14.3. The number of β-amino-alcohol motifs (C(OH)–C–C–N with tert-alkyl or cyclic N) is 1. The van der Waals surface area contributed by atoms with Crippen LogP contribution in [0.3, 0.4) is 0 Å². The monoisotopic (exact) mass is 349 g/mol. The van der Waals surface area contributed by atoms with Crippen LogP contribution in [0.2, 0.25) is 0 Å². The van der Waals surface area contributed by atoms with Crippen molar-refractivity contribution in [1.29, 1.82) is 0 Å². The minimum absolute atomic E-state index is 0.163. The lowest BCUT2D eigenvalue weighted by Gasteiger charge is -2.30. The summed E-state index contributed by atoms with van der Waals surface area (Å²) in [4.78, 5) is 2.32. The van der Waals surface area contributed by atoms with Gasteiger partial charge in [0.1, 0.15) is 5.82 Å². The summed E-state index contributed by atoms with van der Waals surface area (Å²) in [6.45, 7) is 1.71. The third kappa shape index (κ3) is 3.66. The van der Waals surface area contributed by atoms with Crippen LogP contribution in [0, 0.1) is 5.82 Å². The summed E-state index contributed by atoms with van der Waals surface area (Å²) < 4.78 is 36.7. The first-order valence-electron chi connectivity index (χ1n) is 7.81. The predicted octanol–water partition coefficient (Wildman–Crippen LogP) is 2.32. The second-order valence-electron chi connectivity index (χ2n) is 6.22. The number of fused-ring (bicyclic) bond motifs is 1. The highest BCUT2D eigenvalue weighted by molar-refractivity contribution is 7.90. The Morgan fingerprint density at radius 3 is 2.58 bits per heavy atom. The van der Waals surface area contributed by atoms with Gasteiger partial charge in [0.2, 0.25) is 0 Å². The number of benzene rings is 2. The van der Waals surface area contributed by atoms with E-state index in [4.69, 9.17) is 0 Å². The molecule has 0 aromatic heterocycles. The van der Waals surface area contributed by atoms with Crippen molar-refractivity contribution in [2.75, 3.05) is 19.3 Å². The highest BCUT2D eigenvalue weighted by Crippen LogP contribution is 2.24. The molecule has 0 radical (unpaired) electrons. The van der Waals surface area contributed by atoms with E-state index in [1.165, 1.54) is 18.2 Å². The first kappa shape index (κ1) is 17.1. The van der Waals surface area contributed by atoms with E-state index in [0.29, 0.717) is 31.6 Å². The normalized spacial score (nSPS) is 16.6. The first-order chi connectivity index (χ1) is 11.3. The Morgan fingerprint density at radius 1 is 1.21 bits per heavy atom. The van der Waals surface area contributed by atoms with E-state index in [9.17, 15) is 17.9 Å². The molecule has 1 aliphatic rings. The number of aliphatic hydroxyl groups is 1. The lowest BCUT2D eigenvalue weighted by Crippen LogP contribution is -2.34. The average molecular weight is 349 g/mol. The molecule has 1 unspecified atom stereocenters. The maximum atomic E-state index is 13.7. The van der Waals surface area contributed by atoms with Gasteiger partial charge in [0.15, 0.2) is 9.84 Å². The van der Waals surface area contributed by atoms with E-state index in [1.807, 2.05) is 6.07 Å². The van der Waals surface area contributed by atoms with Crippen LogP contribution in [0.1, 0.15) is 22.8 Å². The summed E-state index contributed by atoms with van der Waals surface area (Å²) in [5, 5.41) is 10.4. The van der Waals surface area contributed by atoms with Gasteiger partial charge < -0.3 is 5.11 Å². The van der Waals surface area contributed by atoms with Crippen LogP contribution in [0.15, 0.2) is 47.4 Å². The Balaban J connectivity index is 1.68. The lowest BCUT2D eigenvalue weighted by atomic mass is 9.98. The molecule has 0 fully saturated rings. The van der Waals surface area contributed by atoms with E-state index in [0.717, 1.165) is 17.4 Å². The molecule has 0 aliphatic carbocycles. The summed E-state index contributed by atoms with van der Waals surface area (Å²) in [5.74, 6) is -0.163. The number of hydrogen-bond donors (Lipinski definition) is 1. The Bertz CT molecular complexity index is 834. The Kier molecular flexibility index (Phi) is 4.71. The molecule has 0 saturated heterocycles. The van der Waals surface area contributed by atoms with Crippen LogP contribution >= 0.6 is 0 Å². The number of sulfone groups is 1. The molecule has 0 amide bonds. The van der Waals surface area contributed by atoms with Gasteiger partial charge in [-0.2, -0.15) is 0 Å². The van der Waals surface area contributed by atoms with Crippen LogP contribution in [0.4, 0.5) is 4.39 Å². The molecular formula is C18H20FNO3S. The number of rotatable bonds is 4. The molecule has 0 bridgehead atoms. The fourth-order valence-electron chi connectivity index (χ4n) is 3.06. The van der Waals surface area contributed by atoms with Gasteiger partial charge in [-0.25, -0.2) is 12.8 Å². The number of aliphatic hydroxyl groups excluding tert-OH is 1. The first-order valence-corrected chi connectivity index (χ1v) is 9.70. The van der Waals surface area contributed by atoms with E-state index >= 15 is 0 Å². The highest BCUT2D eigenvalue weighted by atomic mass is 32.2. The van der Waals surface area contributed by atoms with Gasteiger partial charge in [0.25, 0.3) is 0 Å². The largest absolute Gasteiger partial charge is 0.387 e. The lowest BCUT2D eigenvalue weighted by molar-refractivity contribution is 0.105.